The number of hydrogen-bond donors (Lipinski definition) is 0. The zero-order chi connectivity index (χ0) is 10.3. The Labute approximate surface area is 89.4 Å². The van der Waals surface area contributed by atoms with Crippen LogP contribution in [-0.2, 0) is 6.42 Å². The van der Waals surface area contributed by atoms with Crippen molar-refractivity contribution in [1.82, 2.24) is 0 Å². The van der Waals surface area contributed by atoms with Crippen molar-refractivity contribution >= 4 is 11.5 Å². The van der Waals surface area contributed by atoms with E-state index in [9.17, 15) is 0 Å². The Balaban J connectivity index is 2.05. The summed E-state index contributed by atoms with van der Waals surface area (Å²) < 4.78 is 5.24. The fourth-order valence-corrected chi connectivity index (χ4v) is 2.37. The standard InChI is InChI=1S/C12H14N2O/c1-15-10-3-4-11-9(8-10)2-5-12-13-6-7-14(11)12/h3-4,8H,2,5-7H2,1H3. The first kappa shape index (κ1) is 8.77. The van der Waals surface area contributed by atoms with Gasteiger partial charge in [-0.3, -0.25) is 4.99 Å². The molecular weight excluding hydrogens is 188 g/mol. The molecule has 0 saturated carbocycles. The number of nitrogens with zero attached hydrogens (tertiary/aromatic N) is 2. The molecule has 78 valence electrons. The average Bonchev–Trinajstić information content (AvgIpc) is 2.76. The molecule has 0 fully saturated rings. The van der Waals surface area contributed by atoms with Crippen LogP contribution in [0.3, 0.4) is 0 Å². The minimum Gasteiger partial charge on any atom is -0.497 e. The van der Waals surface area contributed by atoms with Gasteiger partial charge in [-0.15, -0.1) is 0 Å². The van der Waals surface area contributed by atoms with Crippen LogP contribution in [0.4, 0.5) is 5.69 Å². The predicted molar refractivity (Wildman–Crippen MR) is 61.0 cm³/mol. The second kappa shape index (κ2) is 3.26. The zero-order valence-corrected chi connectivity index (χ0v) is 8.86. The number of aliphatic imine (C=N–C) groups is 1. The lowest BCUT2D eigenvalue weighted by Crippen LogP contribution is -2.31. The molecule has 0 saturated heterocycles. The van der Waals surface area contributed by atoms with Gasteiger partial charge in [0.1, 0.15) is 11.6 Å². The lowest BCUT2D eigenvalue weighted by molar-refractivity contribution is 0.414. The van der Waals surface area contributed by atoms with Crippen molar-refractivity contribution in [2.75, 3.05) is 25.1 Å². The number of fused-ring (bicyclic) bond motifs is 3. The second-order valence-corrected chi connectivity index (χ2v) is 3.94. The highest BCUT2D eigenvalue weighted by molar-refractivity contribution is 6.01. The van der Waals surface area contributed by atoms with Gasteiger partial charge in [0.15, 0.2) is 0 Å². The molecule has 0 N–H and O–H groups in total. The average molecular weight is 202 g/mol. The van der Waals surface area contributed by atoms with Gasteiger partial charge < -0.3 is 9.64 Å². The highest BCUT2D eigenvalue weighted by Gasteiger charge is 2.25. The molecule has 3 rings (SSSR count). The highest BCUT2D eigenvalue weighted by Crippen LogP contribution is 2.32. The molecule has 0 bridgehead atoms. The van der Waals surface area contributed by atoms with Gasteiger partial charge in [-0.05, 0) is 30.2 Å². The van der Waals surface area contributed by atoms with Crippen molar-refractivity contribution in [2.45, 2.75) is 12.8 Å². The van der Waals surface area contributed by atoms with Crippen LogP contribution in [0.5, 0.6) is 5.75 Å². The topological polar surface area (TPSA) is 24.8 Å². The first-order valence-electron chi connectivity index (χ1n) is 5.36. The van der Waals surface area contributed by atoms with Crippen LogP contribution in [-0.4, -0.2) is 26.0 Å². The molecule has 0 atom stereocenters. The summed E-state index contributed by atoms with van der Waals surface area (Å²) in [6, 6.07) is 6.32. The Morgan fingerprint density at radius 1 is 1.33 bits per heavy atom. The van der Waals surface area contributed by atoms with Crippen molar-refractivity contribution in [2.24, 2.45) is 4.99 Å². The van der Waals surface area contributed by atoms with Crippen LogP contribution in [0.2, 0.25) is 0 Å². The SMILES string of the molecule is COc1ccc2c(c1)CCC1=NCCN12. The lowest BCUT2D eigenvalue weighted by atomic mass is 10.0. The van der Waals surface area contributed by atoms with Gasteiger partial charge in [-0.25, -0.2) is 0 Å². The number of ether oxygens (including phenoxy) is 1. The number of benzene rings is 1. The Morgan fingerprint density at radius 2 is 2.27 bits per heavy atom. The van der Waals surface area contributed by atoms with E-state index in [0.29, 0.717) is 0 Å². The van der Waals surface area contributed by atoms with Crippen LogP contribution in [0, 0.1) is 0 Å². The molecule has 2 aliphatic rings. The molecule has 0 aliphatic carbocycles. The summed E-state index contributed by atoms with van der Waals surface area (Å²) in [5, 5.41) is 0. The highest BCUT2D eigenvalue weighted by atomic mass is 16.5. The van der Waals surface area contributed by atoms with Gasteiger partial charge in [-0.1, -0.05) is 0 Å². The summed E-state index contributed by atoms with van der Waals surface area (Å²) >= 11 is 0. The molecule has 0 unspecified atom stereocenters. The molecule has 0 spiro atoms. The fraction of sp³-hybridized carbons (Fsp3) is 0.417. The van der Waals surface area contributed by atoms with E-state index in [4.69, 9.17) is 4.74 Å². The molecule has 1 aromatic rings. The van der Waals surface area contributed by atoms with E-state index in [1.54, 1.807) is 7.11 Å². The molecule has 0 radical (unpaired) electrons. The van der Waals surface area contributed by atoms with Crippen molar-refractivity contribution < 1.29 is 4.74 Å². The molecule has 2 heterocycles. The van der Waals surface area contributed by atoms with Crippen LogP contribution >= 0.6 is 0 Å². The third kappa shape index (κ3) is 1.30. The van der Waals surface area contributed by atoms with Crippen LogP contribution < -0.4 is 9.64 Å². The van der Waals surface area contributed by atoms with Crippen LogP contribution in [0.1, 0.15) is 12.0 Å². The fourth-order valence-electron chi connectivity index (χ4n) is 2.37. The minimum absolute atomic E-state index is 0.945. The molecule has 0 amide bonds. The Hall–Kier alpha value is -1.51. The Kier molecular flexibility index (Phi) is 1.91. The predicted octanol–water partition coefficient (Wildman–Crippen LogP) is 1.86. The van der Waals surface area contributed by atoms with Gasteiger partial charge in [0.2, 0.25) is 0 Å². The number of anilines is 1. The molecule has 15 heavy (non-hydrogen) atoms. The van der Waals surface area contributed by atoms with Crippen molar-refractivity contribution in [3.8, 4) is 5.75 Å². The summed E-state index contributed by atoms with van der Waals surface area (Å²) in [7, 11) is 1.72. The molecule has 0 aromatic heterocycles. The third-order valence-corrected chi connectivity index (χ3v) is 3.12. The summed E-state index contributed by atoms with van der Waals surface area (Å²) in [5.74, 6) is 2.21. The zero-order valence-electron chi connectivity index (χ0n) is 8.86. The van der Waals surface area contributed by atoms with E-state index < -0.39 is 0 Å². The van der Waals surface area contributed by atoms with Crippen molar-refractivity contribution in [1.29, 1.82) is 0 Å². The van der Waals surface area contributed by atoms with E-state index in [2.05, 4.69) is 22.0 Å². The molecule has 2 aliphatic heterocycles. The van der Waals surface area contributed by atoms with Gasteiger partial charge in [0.05, 0.1) is 13.7 Å². The number of methoxy groups -OCH3 is 1. The summed E-state index contributed by atoms with van der Waals surface area (Å²) in [4.78, 5) is 6.84. The number of hydrogen-bond acceptors (Lipinski definition) is 3. The van der Waals surface area contributed by atoms with E-state index in [0.717, 1.165) is 31.7 Å². The van der Waals surface area contributed by atoms with Gasteiger partial charge in [0, 0.05) is 18.7 Å². The monoisotopic (exact) mass is 202 g/mol. The second-order valence-electron chi connectivity index (χ2n) is 3.94. The van der Waals surface area contributed by atoms with E-state index in [1.165, 1.54) is 17.1 Å². The normalized spacial score (nSPS) is 18.2. The first-order valence-corrected chi connectivity index (χ1v) is 5.36. The summed E-state index contributed by atoms with van der Waals surface area (Å²) in [6.45, 7) is 1.98. The van der Waals surface area contributed by atoms with Gasteiger partial charge in [0.25, 0.3) is 0 Å². The summed E-state index contributed by atoms with van der Waals surface area (Å²) in [5.41, 5.74) is 2.70. The maximum Gasteiger partial charge on any atom is 0.119 e. The quantitative estimate of drug-likeness (QED) is 0.694. The lowest BCUT2D eigenvalue weighted by Gasteiger charge is -2.28. The molecule has 3 nitrogen and oxygen atoms in total. The molecule has 3 heteroatoms. The summed E-state index contributed by atoms with van der Waals surface area (Å²) in [6.07, 6.45) is 2.15. The number of rotatable bonds is 1. The number of aryl methyl sites for hydroxylation is 1. The van der Waals surface area contributed by atoms with E-state index in [1.807, 2.05) is 6.07 Å². The Bertz CT molecular complexity index is 426. The van der Waals surface area contributed by atoms with Crippen molar-refractivity contribution in [3.63, 3.8) is 0 Å². The van der Waals surface area contributed by atoms with Gasteiger partial charge in [-0.2, -0.15) is 0 Å². The van der Waals surface area contributed by atoms with Gasteiger partial charge >= 0.3 is 0 Å². The van der Waals surface area contributed by atoms with E-state index in [-0.39, 0.29) is 0 Å². The smallest absolute Gasteiger partial charge is 0.119 e. The number of amidine groups is 1. The van der Waals surface area contributed by atoms with E-state index >= 15 is 0 Å². The molecular formula is C12H14N2O. The Morgan fingerprint density at radius 3 is 3.13 bits per heavy atom. The van der Waals surface area contributed by atoms with Crippen LogP contribution in [0.15, 0.2) is 23.2 Å². The van der Waals surface area contributed by atoms with Crippen molar-refractivity contribution in [3.05, 3.63) is 23.8 Å². The minimum atomic E-state index is 0.945. The van der Waals surface area contributed by atoms with Crippen LogP contribution in [0.25, 0.3) is 0 Å². The maximum atomic E-state index is 5.24. The first-order chi connectivity index (χ1) is 7.38. The molecule has 1 aromatic carbocycles. The largest absolute Gasteiger partial charge is 0.497 e. The third-order valence-electron chi connectivity index (χ3n) is 3.12. The maximum absolute atomic E-state index is 5.24.